The molecule has 2 aliphatic rings. The summed E-state index contributed by atoms with van der Waals surface area (Å²) in [5, 5.41) is 9.11. The quantitative estimate of drug-likeness (QED) is 0.424. The van der Waals surface area contributed by atoms with Gasteiger partial charge in [0.2, 0.25) is 0 Å². The lowest BCUT2D eigenvalue weighted by Crippen LogP contribution is -2.50. The summed E-state index contributed by atoms with van der Waals surface area (Å²) in [6.45, 7) is 1.33. The molecule has 0 amide bonds. The van der Waals surface area contributed by atoms with Gasteiger partial charge < -0.3 is 14.7 Å². The van der Waals surface area contributed by atoms with Crippen molar-refractivity contribution in [2.24, 2.45) is 5.41 Å². The van der Waals surface area contributed by atoms with Gasteiger partial charge in [-0.3, -0.25) is 9.59 Å². The number of piperidine rings is 1. The fourth-order valence-electron chi connectivity index (χ4n) is 2.81. The van der Waals surface area contributed by atoms with E-state index in [0.29, 0.717) is 13.0 Å². The maximum atomic E-state index is 12.1. The van der Waals surface area contributed by atoms with E-state index in [1.165, 1.54) is 13.2 Å². The van der Waals surface area contributed by atoms with Crippen molar-refractivity contribution in [3.63, 3.8) is 0 Å². The van der Waals surface area contributed by atoms with Gasteiger partial charge in [0.1, 0.15) is 5.41 Å². The van der Waals surface area contributed by atoms with Crippen LogP contribution in [0.15, 0.2) is 23.5 Å². The standard InChI is InChI=1S/C13H17NO4/c1-14-4-3-10-5-11(16)9(7-15)6-13(10,8-14)12(17)18-2/h5,7,15H,3-4,6,8H2,1-2H3/b9-7-/t13-/m0/s1. The molecule has 5 nitrogen and oxygen atoms in total. The summed E-state index contributed by atoms with van der Waals surface area (Å²) in [7, 11) is 3.28. The van der Waals surface area contributed by atoms with Crippen molar-refractivity contribution in [1.29, 1.82) is 0 Å². The molecule has 98 valence electrons. The third-order valence-electron chi connectivity index (χ3n) is 3.76. The van der Waals surface area contributed by atoms with E-state index in [4.69, 9.17) is 9.84 Å². The average Bonchev–Trinajstić information content (AvgIpc) is 2.37. The van der Waals surface area contributed by atoms with E-state index in [2.05, 4.69) is 0 Å². The summed E-state index contributed by atoms with van der Waals surface area (Å²) in [4.78, 5) is 25.9. The SMILES string of the molecule is COC(=O)[C@]12C/C(=C/O)C(=O)C=C1CCN(C)C2. The number of aliphatic hydroxyl groups excluding tert-OH is 1. The monoisotopic (exact) mass is 251 g/mol. The largest absolute Gasteiger partial charge is 0.515 e. The van der Waals surface area contributed by atoms with Crippen LogP contribution in [0.5, 0.6) is 0 Å². The first-order valence-corrected chi connectivity index (χ1v) is 5.89. The van der Waals surface area contributed by atoms with Gasteiger partial charge in [0.25, 0.3) is 0 Å². The van der Waals surface area contributed by atoms with Gasteiger partial charge in [-0.25, -0.2) is 0 Å². The zero-order chi connectivity index (χ0) is 13.3. The zero-order valence-electron chi connectivity index (χ0n) is 10.6. The van der Waals surface area contributed by atoms with Crippen molar-refractivity contribution in [1.82, 2.24) is 4.90 Å². The number of methoxy groups -OCH3 is 1. The molecular formula is C13H17NO4. The van der Waals surface area contributed by atoms with E-state index in [1.807, 2.05) is 11.9 Å². The highest BCUT2D eigenvalue weighted by Crippen LogP contribution is 2.44. The summed E-state index contributed by atoms with van der Waals surface area (Å²) in [6, 6.07) is 0. The summed E-state index contributed by atoms with van der Waals surface area (Å²) in [6.07, 6.45) is 3.17. The normalized spacial score (nSPS) is 30.9. The zero-order valence-corrected chi connectivity index (χ0v) is 10.6. The molecule has 1 saturated heterocycles. The molecule has 1 aliphatic carbocycles. The van der Waals surface area contributed by atoms with Crippen LogP contribution in [0, 0.1) is 5.41 Å². The summed E-state index contributed by atoms with van der Waals surface area (Å²) >= 11 is 0. The van der Waals surface area contributed by atoms with Crippen LogP contribution in [0.2, 0.25) is 0 Å². The van der Waals surface area contributed by atoms with Crippen LogP contribution in [0.1, 0.15) is 12.8 Å². The number of ketones is 1. The van der Waals surface area contributed by atoms with E-state index < -0.39 is 5.41 Å². The van der Waals surface area contributed by atoms with Gasteiger partial charge in [0, 0.05) is 25.1 Å². The number of hydrogen-bond donors (Lipinski definition) is 1. The number of allylic oxidation sites excluding steroid dienone is 2. The third-order valence-corrected chi connectivity index (χ3v) is 3.76. The first-order valence-electron chi connectivity index (χ1n) is 5.89. The first-order chi connectivity index (χ1) is 8.53. The summed E-state index contributed by atoms with van der Waals surface area (Å²) in [5.41, 5.74) is 0.270. The topological polar surface area (TPSA) is 66.8 Å². The van der Waals surface area contributed by atoms with Gasteiger partial charge in [-0.1, -0.05) is 0 Å². The predicted molar refractivity (Wildman–Crippen MR) is 65.0 cm³/mol. The van der Waals surface area contributed by atoms with Crippen LogP contribution >= 0.6 is 0 Å². The number of hydrogen-bond acceptors (Lipinski definition) is 5. The molecule has 0 saturated carbocycles. The molecule has 0 radical (unpaired) electrons. The van der Waals surface area contributed by atoms with Crippen molar-refractivity contribution in [2.75, 3.05) is 27.2 Å². The average molecular weight is 251 g/mol. The van der Waals surface area contributed by atoms with Crippen molar-refractivity contribution < 1.29 is 19.4 Å². The van der Waals surface area contributed by atoms with E-state index in [-0.39, 0.29) is 23.7 Å². The van der Waals surface area contributed by atoms with Gasteiger partial charge in [0.05, 0.1) is 13.4 Å². The van der Waals surface area contributed by atoms with Crippen molar-refractivity contribution >= 4 is 11.8 Å². The highest BCUT2D eigenvalue weighted by atomic mass is 16.5. The van der Waals surface area contributed by atoms with Gasteiger partial charge in [0.15, 0.2) is 5.78 Å². The molecule has 18 heavy (non-hydrogen) atoms. The van der Waals surface area contributed by atoms with Crippen LogP contribution in [-0.4, -0.2) is 49.0 Å². The molecule has 0 spiro atoms. The molecule has 1 fully saturated rings. The number of ether oxygens (including phenoxy) is 1. The number of carbonyl (C=O) groups excluding carboxylic acids is 2. The van der Waals surface area contributed by atoms with Crippen LogP contribution in [-0.2, 0) is 14.3 Å². The molecule has 1 atom stereocenters. The maximum absolute atomic E-state index is 12.1. The number of carbonyl (C=O) groups is 2. The Morgan fingerprint density at radius 1 is 1.61 bits per heavy atom. The molecule has 0 bridgehead atoms. The predicted octanol–water partition coefficient (Wildman–Crippen LogP) is 0.822. The van der Waals surface area contributed by atoms with Crippen LogP contribution in [0.4, 0.5) is 0 Å². The fraction of sp³-hybridized carbons (Fsp3) is 0.538. The smallest absolute Gasteiger partial charge is 0.317 e. The Kier molecular flexibility index (Phi) is 3.26. The Morgan fingerprint density at radius 2 is 2.33 bits per heavy atom. The molecule has 1 heterocycles. The molecule has 2 rings (SSSR count). The number of aliphatic hydroxyl groups is 1. The van der Waals surface area contributed by atoms with Crippen molar-refractivity contribution in [2.45, 2.75) is 12.8 Å². The van der Waals surface area contributed by atoms with Crippen LogP contribution < -0.4 is 0 Å². The Bertz CT molecular complexity index is 452. The summed E-state index contributed by atoms with van der Waals surface area (Å²) < 4.78 is 4.90. The second-order valence-electron chi connectivity index (χ2n) is 4.93. The molecule has 0 unspecified atom stereocenters. The number of likely N-dealkylation sites (tertiary alicyclic amines) is 1. The lowest BCUT2D eigenvalue weighted by atomic mass is 9.67. The third kappa shape index (κ3) is 1.84. The number of fused-ring (bicyclic) bond motifs is 1. The van der Waals surface area contributed by atoms with E-state index in [0.717, 1.165) is 18.4 Å². The molecule has 5 heteroatoms. The number of rotatable bonds is 1. The molecule has 1 N–H and O–H groups in total. The first kappa shape index (κ1) is 12.8. The molecular weight excluding hydrogens is 234 g/mol. The Labute approximate surface area is 106 Å². The number of esters is 1. The second-order valence-corrected chi connectivity index (χ2v) is 4.93. The number of nitrogens with zero attached hydrogens (tertiary/aromatic N) is 1. The fourth-order valence-corrected chi connectivity index (χ4v) is 2.81. The Balaban J connectivity index is 2.49. The van der Waals surface area contributed by atoms with Gasteiger partial charge >= 0.3 is 5.97 Å². The van der Waals surface area contributed by atoms with E-state index >= 15 is 0 Å². The van der Waals surface area contributed by atoms with Crippen molar-refractivity contribution in [3.8, 4) is 0 Å². The highest BCUT2D eigenvalue weighted by Gasteiger charge is 2.49. The van der Waals surface area contributed by atoms with Crippen LogP contribution in [0.25, 0.3) is 0 Å². The van der Waals surface area contributed by atoms with Gasteiger partial charge in [-0.05, 0) is 25.1 Å². The molecule has 1 aliphatic heterocycles. The highest BCUT2D eigenvalue weighted by molar-refractivity contribution is 6.07. The minimum Gasteiger partial charge on any atom is -0.515 e. The molecule has 0 aromatic heterocycles. The second kappa shape index (κ2) is 4.57. The van der Waals surface area contributed by atoms with E-state index in [9.17, 15) is 9.59 Å². The van der Waals surface area contributed by atoms with Gasteiger partial charge in [-0.2, -0.15) is 0 Å². The Morgan fingerprint density at radius 3 is 2.94 bits per heavy atom. The molecule has 0 aromatic carbocycles. The van der Waals surface area contributed by atoms with Crippen molar-refractivity contribution in [3.05, 3.63) is 23.5 Å². The molecule has 0 aromatic rings. The van der Waals surface area contributed by atoms with E-state index in [1.54, 1.807) is 0 Å². The lowest BCUT2D eigenvalue weighted by molar-refractivity contribution is -0.152. The Hall–Kier alpha value is -1.62. The summed E-state index contributed by atoms with van der Waals surface area (Å²) in [5.74, 6) is -0.552. The van der Waals surface area contributed by atoms with Gasteiger partial charge in [-0.15, -0.1) is 0 Å². The maximum Gasteiger partial charge on any atom is 0.317 e. The lowest BCUT2D eigenvalue weighted by Gasteiger charge is -2.43. The van der Waals surface area contributed by atoms with Crippen LogP contribution in [0.3, 0.4) is 0 Å². The minimum atomic E-state index is -0.815. The minimum absolute atomic E-state index is 0.211.